The van der Waals surface area contributed by atoms with Gasteiger partial charge in [-0.1, -0.05) is 6.92 Å². The van der Waals surface area contributed by atoms with Crippen molar-refractivity contribution in [3.8, 4) is 10.7 Å². The van der Waals surface area contributed by atoms with E-state index in [1.165, 1.54) is 6.42 Å². The Kier molecular flexibility index (Phi) is 5.23. The van der Waals surface area contributed by atoms with Crippen LogP contribution < -0.4 is 16.2 Å². The van der Waals surface area contributed by atoms with Gasteiger partial charge in [0, 0.05) is 42.7 Å². The molecule has 2 aromatic heterocycles. The Morgan fingerprint density at radius 1 is 1.35 bits per heavy atom. The molecule has 2 aromatic rings. The standard InChI is InChI=1S/C18H24N6OS/c1-11-2-3-14-13(8-11)16(24-23-14)17(25)21-5-4-12-10-26-18(22-12)15-9-19-6-7-20-15/h6-7,9-11,13-14,16,23-24H,2-5,8H2,1H3,(H,21,25). The molecule has 0 aromatic carbocycles. The summed E-state index contributed by atoms with van der Waals surface area (Å²) in [5, 5.41) is 5.94. The number of hydrogen-bond acceptors (Lipinski definition) is 7. The van der Waals surface area contributed by atoms with Gasteiger partial charge in [-0.25, -0.2) is 10.4 Å². The normalized spacial score (nSPS) is 27.9. The Morgan fingerprint density at radius 3 is 3.12 bits per heavy atom. The highest BCUT2D eigenvalue weighted by Gasteiger charge is 2.42. The van der Waals surface area contributed by atoms with Gasteiger partial charge in [0.25, 0.3) is 0 Å². The molecule has 2 aliphatic rings. The lowest BCUT2D eigenvalue weighted by Gasteiger charge is -2.30. The fourth-order valence-corrected chi connectivity index (χ4v) is 4.72. The summed E-state index contributed by atoms with van der Waals surface area (Å²) in [7, 11) is 0. The highest BCUT2D eigenvalue weighted by atomic mass is 32.1. The SMILES string of the molecule is CC1CCC2NNC(C(=O)NCCc3csc(-c4cnccn4)n3)C2C1. The number of nitrogens with zero attached hydrogens (tertiary/aromatic N) is 3. The summed E-state index contributed by atoms with van der Waals surface area (Å²) >= 11 is 1.55. The molecule has 1 saturated heterocycles. The van der Waals surface area contributed by atoms with Crippen molar-refractivity contribution in [3.63, 3.8) is 0 Å². The van der Waals surface area contributed by atoms with E-state index in [1.54, 1.807) is 29.9 Å². The molecule has 1 amide bonds. The van der Waals surface area contributed by atoms with E-state index in [1.807, 2.05) is 5.38 Å². The Labute approximate surface area is 157 Å². The van der Waals surface area contributed by atoms with Gasteiger partial charge < -0.3 is 5.32 Å². The van der Waals surface area contributed by atoms with E-state index in [-0.39, 0.29) is 11.9 Å². The van der Waals surface area contributed by atoms with E-state index in [0.29, 0.717) is 30.8 Å². The highest BCUT2D eigenvalue weighted by molar-refractivity contribution is 7.13. The third-order valence-electron chi connectivity index (χ3n) is 5.31. The van der Waals surface area contributed by atoms with Crippen LogP contribution in [0, 0.1) is 11.8 Å². The quantitative estimate of drug-likeness (QED) is 0.737. The largest absolute Gasteiger partial charge is 0.354 e. The molecule has 0 radical (unpaired) electrons. The molecule has 1 aliphatic carbocycles. The predicted molar refractivity (Wildman–Crippen MR) is 100 cm³/mol. The van der Waals surface area contributed by atoms with Gasteiger partial charge in [-0.3, -0.25) is 20.2 Å². The molecule has 2 fully saturated rings. The second-order valence-electron chi connectivity index (χ2n) is 7.23. The lowest BCUT2D eigenvalue weighted by molar-refractivity contribution is -0.124. The predicted octanol–water partition coefficient (Wildman–Crippen LogP) is 1.54. The lowest BCUT2D eigenvalue weighted by Crippen LogP contribution is -2.46. The van der Waals surface area contributed by atoms with Crippen LogP contribution in [0.2, 0.25) is 0 Å². The Morgan fingerprint density at radius 2 is 2.27 bits per heavy atom. The number of aromatic nitrogens is 3. The molecule has 4 rings (SSSR count). The maximum Gasteiger partial charge on any atom is 0.238 e. The number of amides is 1. The van der Waals surface area contributed by atoms with Gasteiger partial charge in [-0.15, -0.1) is 11.3 Å². The monoisotopic (exact) mass is 372 g/mol. The first-order valence-corrected chi connectivity index (χ1v) is 10.1. The number of carbonyl (C=O) groups excluding carboxylic acids is 1. The number of nitrogens with one attached hydrogen (secondary N) is 3. The van der Waals surface area contributed by atoms with Gasteiger partial charge in [0.15, 0.2) is 0 Å². The van der Waals surface area contributed by atoms with Crippen molar-refractivity contribution in [2.45, 2.75) is 44.7 Å². The molecule has 3 heterocycles. The fraction of sp³-hybridized carbons (Fsp3) is 0.556. The number of carbonyl (C=O) groups is 1. The summed E-state index contributed by atoms with van der Waals surface area (Å²) < 4.78 is 0. The van der Waals surface area contributed by atoms with Crippen molar-refractivity contribution in [2.75, 3.05) is 6.54 Å². The molecule has 0 spiro atoms. The number of fused-ring (bicyclic) bond motifs is 1. The molecule has 8 heteroatoms. The molecule has 4 unspecified atom stereocenters. The minimum absolute atomic E-state index is 0.0866. The Bertz CT molecular complexity index is 751. The van der Waals surface area contributed by atoms with Crippen LogP contribution in [0.1, 0.15) is 31.9 Å². The molecule has 1 saturated carbocycles. The number of rotatable bonds is 5. The zero-order valence-electron chi connectivity index (χ0n) is 14.8. The number of thiazole rings is 1. The van der Waals surface area contributed by atoms with Crippen LogP contribution in [0.3, 0.4) is 0 Å². The van der Waals surface area contributed by atoms with E-state index in [4.69, 9.17) is 0 Å². The van der Waals surface area contributed by atoms with E-state index < -0.39 is 0 Å². The van der Waals surface area contributed by atoms with Crippen molar-refractivity contribution >= 4 is 17.2 Å². The van der Waals surface area contributed by atoms with E-state index in [9.17, 15) is 4.79 Å². The summed E-state index contributed by atoms with van der Waals surface area (Å²) in [6.45, 7) is 2.87. The van der Waals surface area contributed by atoms with Crippen molar-refractivity contribution in [2.24, 2.45) is 11.8 Å². The second-order valence-corrected chi connectivity index (χ2v) is 8.09. The Hall–Kier alpha value is -1.90. The van der Waals surface area contributed by atoms with Gasteiger partial charge in [-0.2, -0.15) is 0 Å². The third kappa shape index (κ3) is 3.77. The van der Waals surface area contributed by atoms with Crippen LogP contribution in [-0.4, -0.2) is 39.5 Å². The van der Waals surface area contributed by atoms with Crippen molar-refractivity contribution < 1.29 is 4.79 Å². The summed E-state index contributed by atoms with van der Waals surface area (Å²) in [5.74, 6) is 1.17. The lowest BCUT2D eigenvalue weighted by atomic mass is 9.76. The van der Waals surface area contributed by atoms with Gasteiger partial charge in [0.2, 0.25) is 5.91 Å². The molecular weight excluding hydrogens is 348 g/mol. The highest BCUT2D eigenvalue weighted by Crippen LogP contribution is 2.33. The van der Waals surface area contributed by atoms with E-state index in [0.717, 1.165) is 29.2 Å². The summed E-state index contributed by atoms with van der Waals surface area (Å²) in [5.41, 5.74) is 8.26. The van der Waals surface area contributed by atoms with Crippen LogP contribution in [0.15, 0.2) is 24.0 Å². The van der Waals surface area contributed by atoms with Crippen LogP contribution in [0.5, 0.6) is 0 Å². The molecule has 1 aliphatic heterocycles. The average Bonchev–Trinajstić information content (AvgIpc) is 3.29. The first kappa shape index (κ1) is 17.5. The minimum Gasteiger partial charge on any atom is -0.354 e. The zero-order chi connectivity index (χ0) is 17.9. The average molecular weight is 372 g/mol. The maximum atomic E-state index is 12.6. The van der Waals surface area contributed by atoms with Crippen molar-refractivity contribution in [1.29, 1.82) is 0 Å². The van der Waals surface area contributed by atoms with Gasteiger partial charge in [-0.05, 0) is 25.2 Å². The van der Waals surface area contributed by atoms with Crippen LogP contribution in [0.25, 0.3) is 10.7 Å². The fourth-order valence-electron chi connectivity index (χ4n) is 3.91. The molecule has 3 N–H and O–H groups in total. The van der Waals surface area contributed by atoms with Gasteiger partial charge in [0.1, 0.15) is 16.7 Å². The minimum atomic E-state index is -0.131. The van der Waals surface area contributed by atoms with Gasteiger partial charge in [0.05, 0.1) is 11.9 Å². The van der Waals surface area contributed by atoms with Crippen molar-refractivity contribution in [3.05, 3.63) is 29.7 Å². The van der Waals surface area contributed by atoms with Crippen LogP contribution in [-0.2, 0) is 11.2 Å². The number of hydrogen-bond donors (Lipinski definition) is 3. The summed E-state index contributed by atoms with van der Waals surface area (Å²) in [4.78, 5) is 25.5. The van der Waals surface area contributed by atoms with Crippen LogP contribution in [0.4, 0.5) is 0 Å². The molecule has 138 valence electrons. The third-order valence-corrected chi connectivity index (χ3v) is 6.22. The molecule has 26 heavy (non-hydrogen) atoms. The first-order valence-electron chi connectivity index (χ1n) is 9.20. The number of hydrazine groups is 1. The first-order chi connectivity index (χ1) is 12.7. The molecular formula is C18H24N6OS. The topological polar surface area (TPSA) is 91.8 Å². The van der Waals surface area contributed by atoms with Crippen molar-refractivity contribution in [1.82, 2.24) is 31.1 Å². The molecule has 7 nitrogen and oxygen atoms in total. The Balaban J connectivity index is 1.28. The van der Waals surface area contributed by atoms with Gasteiger partial charge >= 0.3 is 0 Å². The smallest absolute Gasteiger partial charge is 0.238 e. The van der Waals surface area contributed by atoms with E-state index in [2.05, 4.69) is 38.0 Å². The van der Waals surface area contributed by atoms with E-state index >= 15 is 0 Å². The maximum absolute atomic E-state index is 12.6. The second kappa shape index (κ2) is 7.77. The zero-order valence-corrected chi connectivity index (χ0v) is 15.6. The molecule has 0 bridgehead atoms. The molecule has 4 atom stereocenters. The summed E-state index contributed by atoms with van der Waals surface area (Å²) in [6.07, 6.45) is 9.23. The summed E-state index contributed by atoms with van der Waals surface area (Å²) in [6, 6.07) is 0.295. The van der Waals surface area contributed by atoms with Crippen LogP contribution >= 0.6 is 11.3 Å².